The maximum Gasteiger partial charge on any atom is 0.354 e. The Bertz CT molecular complexity index is 357. The van der Waals surface area contributed by atoms with Gasteiger partial charge in [0.05, 0.1) is 0 Å². The van der Waals surface area contributed by atoms with E-state index in [0.717, 1.165) is 5.56 Å². The Kier molecular flexibility index (Phi) is 2.49. The quantitative estimate of drug-likeness (QED) is 0.726. The van der Waals surface area contributed by atoms with Gasteiger partial charge in [-0.3, -0.25) is 0 Å². The molecule has 1 aliphatic rings. The van der Waals surface area contributed by atoms with Crippen LogP contribution >= 0.6 is 0 Å². The number of nitrogens with one attached hydrogen (secondary N) is 1. The SMILES string of the molecule is O=C1OCC=C1NCc1ccccc1. The van der Waals surface area contributed by atoms with Crippen LogP contribution in [0.3, 0.4) is 0 Å². The molecule has 14 heavy (non-hydrogen) atoms. The second kappa shape index (κ2) is 3.96. The summed E-state index contributed by atoms with van der Waals surface area (Å²) in [4.78, 5) is 11.0. The lowest BCUT2D eigenvalue weighted by atomic mass is 10.2. The monoisotopic (exact) mass is 189 g/mol. The van der Waals surface area contributed by atoms with Gasteiger partial charge in [-0.25, -0.2) is 4.79 Å². The van der Waals surface area contributed by atoms with Gasteiger partial charge in [0.25, 0.3) is 0 Å². The summed E-state index contributed by atoms with van der Waals surface area (Å²) >= 11 is 0. The zero-order chi connectivity index (χ0) is 9.80. The van der Waals surface area contributed by atoms with Crippen molar-refractivity contribution >= 4 is 5.97 Å². The summed E-state index contributed by atoms with van der Waals surface area (Å²) in [5.74, 6) is -0.263. The normalized spacial score (nSPS) is 14.9. The zero-order valence-electron chi connectivity index (χ0n) is 7.69. The molecule has 0 radical (unpaired) electrons. The van der Waals surface area contributed by atoms with Crippen molar-refractivity contribution in [3.63, 3.8) is 0 Å². The van der Waals surface area contributed by atoms with Crippen molar-refractivity contribution in [2.24, 2.45) is 0 Å². The fourth-order valence-electron chi connectivity index (χ4n) is 1.30. The van der Waals surface area contributed by atoms with Crippen LogP contribution in [0.4, 0.5) is 0 Å². The molecule has 0 unspecified atom stereocenters. The van der Waals surface area contributed by atoms with Gasteiger partial charge in [-0.15, -0.1) is 0 Å². The average Bonchev–Trinajstić information content (AvgIpc) is 2.63. The Hall–Kier alpha value is -1.77. The van der Waals surface area contributed by atoms with E-state index >= 15 is 0 Å². The smallest absolute Gasteiger partial charge is 0.354 e. The molecule has 72 valence electrons. The largest absolute Gasteiger partial charge is 0.457 e. The molecule has 3 heteroatoms. The summed E-state index contributed by atoms with van der Waals surface area (Å²) in [6.45, 7) is 1.04. The van der Waals surface area contributed by atoms with Gasteiger partial charge in [0.1, 0.15) is 12.3 Å². The molecule has 0 bridgehead atoms. The first-order chi connectivity index (χ1) is 6.86. The Morgan fingerprint density at radius 1 is 1.29 bits per heavy atom. The molecule has 0 aliphatic carbocycles. The van der Waals surface area contributed by atoms with Gasteiger partial charge in [-0.1, -0.05) is 30.3 Å². The minimum atomic E-state index is -0.263. The number of benzene rings is 1. The Morgan fingerprint density at radius 3 is 2.71 bits per heavy atom. The summed E-state index contributed by atoms with van der Waals surface area (Å²) in [7, 11) is 0. The van der Waals surface area contributed by atoms with E-state index in [4.69, 9.17) is 4.74 Å². The second-order valence-electron chi connectivity index (χ2n) is 3.06. The van der Waals surface area contributed by atoms with Crippen LogP contribution in [-0.4, -0.2) is 12.6 Å². The molecule has 1 aromatic rings. The third kappa shape index (κ3) is 1.93. The molecule has 2 rings (SSSR count). The molecule has 0 spiro atoms. The number of hydrogen-bond acceptors (Lipinski definition) is 3. The van der Waals surface area contributed by atoms with E-state index in [0.29, 0.717) is 18.8 Å². The zero-order valence-corrected chi connectivity index (χ0v) is 7.69. The number of hydrogen-bond donors (Lipinski definition) is 1. The van der Waals surface area contributed by atoms with Gasteiger partial charge < -0.3 is 10.1 Å². The third-order valence-corrected chi connectivity index (χ3v) is 2.05. The van der Waals surface area contributed by atoms with E-state index in [9.17, 15) is 4.79 Å². The first-order valence-electron chi connectivity index (χ1n) is 4.51. The molecule has 0 saturated heterocycles. The van der Waals surface area contributed by atoms with E-state index in [1.165, 1.54) is 0 Å². The van der Waals surface area contributed by atoms with Crippen LogP contribution in [0.25, 0.3) is 0 Å². The molecule has 0 aromatic heterocycles. The summed E-state index contributed by atoms with van der Waals surface area (Å²) in [6.07, 6.45) is 1.76. The van der Waals surface area contributed by atoms with Crippen LogP contribution in [0, 0.1) is 0 Å². The number of carbonyl (C=O) groups excluding carboxylic acids is 1. The standard InChI is InChI=1S/C11H11NO2/c13-11-10(6-7-14-11)12-8-9-4-2-1-3-5-9/h1-6,12H,7-8H2. The number of cyclic esters (lactones) is 1. The fourth-order valence-corrected chi connectivity index (χ4v) is 1.30. The minimum Gasteiger partial charge on any atom is -0.457 e. The van der Waals surface area contributed by atoms with Crippen molar-refractivity contribution in [3.05, 3.63) is 47.7 Å². The predicted molar refractivity (Wildman–Crippen MR) is 52.3 cm³/mol. The van der Waals surface area contributed by atoms with Crippen LogP contribution in [0.1, 0.15) is 5.56 Å². The lowest BCUT2D eigenvalue weighted by molar-refractivity contribution is -0.136. The summed E-state index contributed by atoms with van der Waals surface area (Å²) in [6, 6.07) is 9.92. The highest BCUT2D eigenvalue weighted by Gasteiger charge is 2.15. The van der Waals surface area contributed by atoms with Crippen LogP contribution in [0.15, 0.2) is 42.1 Å². The van der Waals surface area contributed by atoms with Crippen molar-refractivity contribution in [1.29, 1.82) is 0 Å². The highest BCUT2D eigenvalue weighted by Crippen LogP contribution is 2.05. The Morgan fingerprint density at radius 2 is 2.07 bits per heavy atom. The Balaban J connectivity index is 1.92. The number of esters is 1. The number of carbonyl (C=O) groups is 1. The summed E-state index contributed by atoms with van der Waals surface area (Å²) in [5.41, 5.74) is 1.71. The second-order valence-corrected chi connectivity index (χ2v) is 3.06. The molecule has 0 saturated carbocycles. The first-order valence-corrected chi connectivity index (χ1v) is 4.51. The van der Waals surface area contributed by atoms with Gasteiger partial charge in [0.15, 0.2) is 0 Å². The van der Waals surface area contributed by atoms with Crippen molar-refractivity contribution in [3.8, 4) is 0 Å². The number of ether oxygens (including phenoxy) is 1. The molecule has 0 amide bonds. The Labute approximate surface area is 82.4 Å². The van der Waals surface area contributed by atoms with E-state index < -0.39 is 0 Å². The van der Waals surface area contributed by atoms with Gasteiger partial charge in [0, 0.05) is 6.54 Å². The highest BCUT2D eigenvalue weighted by atomic mass is 16.5. The van der Waals surface area contributed by atoms with Crippen LogP contribution in [0.5, 0.6) is 0 Å². The topological polar surface area (TPSA) is 38.3 Å². The molecule has 1 aromatic carbocycles. The molecule has 0 fully saturated rings. The van der Waals surface area contributed by atoms with Crippen molar-refractivity contribution in [2.75, 3.05) is 6.61 Å². The van der Waals surface area contributed by atoms with Gasteiger partial charge in [-0.2, -0.15) is 0 Å². The summed E-state index contributed by atoms with van der Waals surface area (Å²) < 4.78 is 4.76. The van der Waals surface area contributed by atoms with Crippen molar-refractivity contribution in [2.45, 2.75) is 6.54 Å². The molecular weight excluding hydrogens is 178 g/mol. The average molecular weight is 189 g/mol. The van der Waals surface area contributed by atoms with E-state index in [1.807, 2.05) is 30.3 Å². The third-order valence-electron chi connectivity index (χ3n) is 2.05. The van der Waals surface area contributed by atoms with Gasteiger partial charge in [0.2, 0.25) is 0 Å². The van der Waals surface area contributed by atoms with Gasteiger partial charge in [-0.05, 0) is 11.6 Å². The maximum atomic E-state index is 11.0. The lowest BCUT2D eigenvalue weighted by Crippen LogP contribution is -2.17. The van der Waals surface area contributed by atoms with Crippen LogP contribution in [-0.2, 0) is 16.1 Å². The minimum absolute atomic E-state index is 0.263. The molecule has 0 atom stereocenters. The molecule has 3 nitrogen and oxygen atoms in total. The first kappa shape index (κ1) is 8.81. The predicted octanol–water partition coefficient (Wildman–Crippen LogP) is 1.22. The van der Waals surface area contributed by atoms with E-state index in [1.54, 1.807) is 6.08 Å². The molecule has 1 heterocycles. The fraction of sp³-hybridized carbons (Fsp3) is 0.182. The lowest BCUT2D eigenvalue weighted by Gasteiger charge is -2.04. The molecule has 1 N–H and O–H groups in total. The highest BCUT2D eigenvalue weighted by molar-refractivity contribution is 5.89. The van der Waals surface area contributed by atoms with Crippen LogP contribution in [0.2, 0.25) is 0 Å². The molecule has 1 aliphatic heterocycles. The van der Waals surface area contributed by atoms with Gasteiger partial charge >= 0.3 is 5.97 Å². The molecular formula is C11H11NO2. The number of rotatable bonds is 3. The maximum absolute atomic E-state index is 11.0. The van der Waals surface area contributed by atoms with Crippen LogP contribution < -0.4 is 5.32 Å². The van der Waals surface area contributed by atoms with E-state index in [-0.39, 0.29) is 5.97 Å². The summed E-state index contributed by atoms with van der Waals surface area (Å²) in [5, 5.41) is 3.03. The van der Waals surface area contributed by atoms with Crippen molar-refractivity contribution < 1.29 is 9.53 Å². The van der Waals surface area contributed by atoms with Crippen molar-refractivity contribution in [1.82, 2.24) is 5.32 Å². The van der Waals surface area contributed by atoms with E-state index in [2.05, 4.69) is 5.32 Å².